The fourth-order valence-corrected chi connectivity index (χ4v) is 4.78. The summed E-state index contributed by atoms with van der Waals surface area (Å²) in [7, 11) is 0. The molecule has 1 fully saturated rings. The largest absolute Gasteiger partial charge is 0.478 e. The highest BCUT2D eigenvalue weighted by molar-refractivity contribution is 5.95. The van der Waals surface area contributed by atoms with Crippen molar-refractivity contribution in [2.24, 2.45) is 0 Å². The maximum atomic E-state index is 12.7. The molecule has 4 rings (SSSR count). The van der Waals surface area contributed by atoms with E-state index in [0.29, 0.717) is 18.4 Å². The number of aryl methyl sites for hydroxylation is 2. The van der Waals surface area contributed by atoms with Gasteiger partial charge in [-0.2, -0.15) is 0 Å². The molecule has 0 saturated carbocycles. The second-order valence-corrected chi connectivity index (χ2v) is 8.10. The van der Waals surface area contributed by atoms with E-state index in [0.717, 1.165) is 60.9 Å². The second kappa shape index (κ2) is 8.37. The van der Waals surface area contributed by atoms with E-state index in [1.54, 1.807) is 12.1 Å². The number of aliphatic hydroxyl groups excluding tert-OH is 1. The van der Waals surface area contributed by atoms with Crippen LogP contribution in [0.3, 0.4) is 0 Å². The molecule has 1 amide bonds. The van der Waals surface area contributed by atoms with E-state index in [-0.39, 0.29) is 18.1 Å². The lowest BCUT2D eigenvalue weighted by molar-refractivity contribution is -0.120. The molecule has 152 valence electrons. The molecule has 1 aliphatic carbocycles. The number of amides is 1. The van der Waals surface area contributed by atoms with E-state index in [1.165, 1.54) is 0 Å². The van der Waals surface area contributed by atoms with Crippen molar-refractivity contribution in [3.8, 4) is 0 Å². The smallest absolute Gasteiger partial charge is 0.335 e. The van der Waals surface area contributed by atoms with Crippen molar-refractivity contribution in [3.63, 3.8) is 0 Å². The molecule has 2 atom stereocenters. The maximum absolute atomic E-state index is 12.7. The van der Waals surface area contributed by atoms with Crippen molar-refractivity contribution in [2.45, 2.75) is 63.5 Å². The highest BCUT2D eigenvalue weighted by Gasteiger charge is 2.30. The number of piperidine rings is 1. The third-order valence-corrected chi connectivity index (χ3v) is 6.24. The summed E-state index contributed by atoms with van der Waals surface area (Å²) in [6.45, 7) is 0. The van der Waals surface area contributed by atoms with Crippen molar-refractivity contribution in [1.82, 2.24) is 0 Å². The minimum atomic E-state index is -0.893. The van der Waals surface area contributed by atoms with Gasteiger partial charge in [-0.3, -0.25) is 4.79 Å². The van der Waals surface area contributed by atoms with Gasteiger partial charge in [0.25, 0.3) is 0 Å². The zero-order valence-electron chi connectivity index (χ0n) is 16.5. The number of aromatic carboxylic acids is 1. The summed E-state index contributed by atoms with van der Waals surface area (Å²) in [6, 6.07) is 13.3. The summed E-state index contributed by atoms with van der Waals surface area (Å²) in [5.74, 6) is -0.735. The quantitative estimate of drug-likeness (QED) is 0.768. The average Bonchev–Trinajstić information content (AvgIpc) is 3.08. The molecule has 0 radical (unpaired) electrons. The Morgan fingerprint density at radius 3 is 2.76 bits per heavy atom. The molecule has 2 aliphatic rings. The van der Waals surface area contributed by atoms with Gasteiger partial charge in [0.2, 0.25) is 5.91 Å². The van der Waals surface area contributed by atoms with Crippen LogP contribution in [-0.4, -0.2) is 28.1 Å². The molecule has 5 heteroatoms. The highest BCUT2D eigenvalue weighted by atomic mass is 16.4. The molecule has 2 N–H and O–H groups in total. The normalized spacial score (nSPS) is 21.3. The van der Waals surface area contributed by atoms with E-state index in [9.17, 15) is 19.8 Å². The van der Waals surface area contributed by atoms with Crippen molar-refractivity contribution in [3.05, 3.63) is 64.7 Å². The minimum absolute atomic E-state index is 0.137. The molecule has 2 aromatic carbocycles. The van der Waals surface area contributed by atoms with Crippen LogP contribution < -0.4 is 4.90 Å². The van der Waals surface area contributed by atoms with E-state index in [2.05, 4.69) is 6.07 Å². The summed E-state index contributed by atoms with van der Waals surface area (Å²) in [5.41, 5.74) is 4.27. The third kappa shape index (κ3) is 4.06. The number of fused-ring (bicyclic) bond motifs is 1. The molecule has 0 aromatic heterocycles. The number of rotatable bonds is 6. The Morgan fingerprint density at radius 2 is 1.93 bits per heavy atom. The first kappa shape index (κ1) is 19.6. The predicted octanol–water partition coefficient (Wildman–Crippen LogP) is 4.27. The van der Waals surface area contributed by atoms with Crippen LogP contribution in [0, 0.1) is 0 Å². The lowest BCUT2D eigenvalue weighted by Crippen LogP contribution is -2.44. The van der Waals surface area contributed by atoms with Gasteiger partial charge in [-0.05, 0) is 79.8 Å². The van der Waals surface area contributed by atoms with Crippen molar-refractivity contribution >= 4 is 17.6 Å². The van der Waals surface area contributed by atoms with Gasteiger partial charge in [0, 0.05) is 18.2 Å². The number of aliphatic hydroxyl groups is 1. The van der Waals surface area contributed by atoms with E-state index < -0.39 is 5.97 Å². The lowest BCUT2D eigenvalue weighted by atomic mass is 9.93. The number of carboxylic acid groups (broad SMARTS) is 1. The zero-order valence-corrected chi connectivity index (χ0v) is 16.5. The van der Waals surface area contributed by atoms with Gasteiger partial charge in [-0.15, -0.1) is 0 Å². The van der Waals surface area contributed by atoms with Gasteiger partial charge in [-0.25, -0.2) is 4.79 Å². The molecule has 29 heavy (non-hydrogen) atoms. The summed E-state index contributed by atoms with van der Waals surface area (Å²) >= 11 is 0. The second-order valence-electron chi connectivity index (χ2n) is 8.10. The Kier molecular flexibility index (Phi) is 5.67. The van der Waals surface area contributed by atoms with Crippen LogP contribution in [0.25, 0.3) is 0 Å². The number of hydrogen-bond donors (Lipinski definition) is 2. The molecular formula is C24H27NO4. The fraction of sp³-hybridized carbons (Fsp3) is 0.417. The SMILES string of the molecule is O=C(O)c1ccccc1CCCC1CCCC(=O)N1c1ccc2c(c1)CCC2O. The molecule has 2 aromatic rings. The summed E-state index contributed by atoms with van der Waals surface area (Å²) in [4.78, 5) is 26.1. The zero-order chi connectivity index (χ0) is 20.4. The summed E-state index contributed by atoms with van der Waals surface area (Å²) in [6.07, 6.45) is 6.02. The Morgan fingerprint density at radius 1 is 1.10 bits per heavy atom. The molecule has 5 nitrogen and oxygen atoms in total. The van der Waals surface area contributed by atoms with E-state index in [1.807, 2.05) is 29.2 Å². The maximum Gasteiger partial charge on any atom is 0.335 e. The Hall–Kier alpha value is -2.66. The molecule has 1 aliphatic heterocycles. The molecule has 2 unspecified atom stereocenters. The minimum Gasteiger partial charge on any atom is -0.478 e. The topological polar surface area (TPSA) is 77.8 Å². The number of carbonyl (C=O) groups excluding carboxylic acids is 1. The van der Waals surface area contributed by atoms with Crippen LogP contribution in [0.1, 0.15) is 71.7 Å². The number of hydrogen-bond acceptors (Lipinski definition) is 3. The first-order valence-corrected chi connectivity index (χ1v) is 10.5. The van der Waals surface area contributed by atoms with Crippen molar-refractivity contribution in [2.75, 3.05) is 4.90 Å². The summed E-state index contributed by atoms with van der Waals surface area (Å²) < 4.78 is 0. The average molecular weight is 393 g/mol. The standard InChI is InChI=1S/C24H27NO4/c26-22-14-11-17-15-19(12-13-20(17)22)25-18(8-4-10-23(25)27)7-3-6-16-5-1-2-9-21(16)24(28)29/h1-2,5,9,12-13,15,18,22,26H,3-4,6-8,10-11,14H2,(H,28,29). The predicted molar refractivity (Wildman–Crippen MR) is 111 cm³/mol. The van der Waals surface area contributed by atoms with E-state index >= 15 is 0 Å². The number of carbonyl (C=O) groups is 2. The molecule has 0 bridgehead atoms. The van der Waals surface area contributed by atoms with Crippen molar-refractivity contribution < 1.29 is 19.8 Å². The number of carboxylic acids is 1. The van der Waals surface area contributed by atoms with Crippen LogP contribution in [0.4, 0.5) is 5.69 Å². The van der Waals surface area contributed by atoms with Gasteiger partial charge in [0.1, 0.15) is 0 Å². The number of benzene rings is 2. The fourth-order valence-electron chi connectivity index (χ4n) is 4.78. The monoisotopic (exact) mass is 393 g/mol. The molecule has 1 saturated heterocycles. The van der Waals surface area contributed by atoms with Crippen LogP contribution in [-0.2, 0) is 17.6 Å². The van der Waals surface area contributed by atoms with E-state index in [4.69, 9.17) is 0 Å². The number of anilines is 1. The molecule has 1 heterocycles. The molecular weight excluding hydrogens is 366 g/mol. The van der Waals surface area contributed by atoms with Crippen LogP contribution >= 0.6 is 0 Å². The van der Waals surface area contributed by atoms with Gasteiger partial charge in [0.15, 0.2) is 0 Å². The first-order chi connectivity index (χ1) is 14.0. The van der Waals surface area contributed by atoms with Crippen LogP contribution in [0.15, 0.2) is 42.5 Å². The van der Waals surface area contributed by atoms with Gasteiger partial charge < -0.3 is 15.1 Å². The lowest BCUT2D eigenvalue weighted by Gasteiger charge is -2.36. The van der Waals surface area contributed by atoms with Crippen LogP contribution in [0.2, 0.25) is 0 Å². The Labute approximate surface area is 171 Å². The Balaban J connectivity index is 1.48. The third-order valence-electron chi connectivity index (χ3n) is 6.24. The first-order valence-electron chi connectivity index (χ1n) is 10.5. The van der Waals surface area contributed by atoms with Gasteiger partial charge >= 0.3 is 5.97 Å². The highest BCUT2D eigenvalue weighted by Crippen LogP contribution is 2.36. The number of nitrogens with zero attached hydrogens (tertiary/aromatic N) is 1. The van der Waals surface area contributed by atoms with Gasteiger partial charge in [-0.1, -0.05) is 24.3 Å². The van der Waals surface area contributed by atoms with Crippen molar-refractivity contribution in [1.29, 1.82) is 0 Å². The Bertz CT molecular complexity index is 923. The summed E-state index contributed by atoms with van der Waals surface area (Å²) in [5, 5.41) is 19.4. The van der Waals surface area contributed by atoms with Crippen LogP contribution in [0.5, 0.6) is 0 Å². The molecule has 0 spiro atoms. The van der Waals surface area contributed by atoms with Gasteiger partial charge in [0.05, 0.1) is 11.7 Å².